The van der Waals surface area contributed by atoms with Gasteiger partial charge in [-0.05, 0) is 29.3 Å². The van der Waals surface area contributed by atoms with Crippen molar-refractivity contribution in [2.24, 2.45) is 0 Å². The number of fused-ring (bicyclic) bond motifs is 1. The van der Waals surface area contributed by atoms with Gasteiger partial charge in [-0.3, -0.25) is 0 Å². The monoisotopic (exact) mass is 286 g/mol. The van der Waals surface area contributed by atoms with Gasteiger partial charge in [-0.15, -0.1) is 0 Å². The highest BCUT2D eigenvalue weighted by molar-refractivity contribution is 5.59. The van der Waals surface area contributed by atoms with Crippen molar-refractivity contribution < 1.29 is 19.3 Å². The highest BCUT2D eigenvalue weighted by Gasteiger charge is 2.45. The third kappa shape index (κ3) is 1.94. The zero-order valence-corrected chi connectivity index (χ0v) is 12.3. The molecule has 0 saturated heterocycles. The molecular weight excluding hydrogens is 268 g/mol. The molecule has 0 unspecified atom stereocenters. The van der Waals surface area contributed by atoms with Gasteiger partial charge in [-0.25, -0.2) is 0 Å². The number of hydrogen-bond donors (Lipinski definition) is 1. The lowest BCUT2D eigenvalue weighted by molar-refractivity contribution is 0.0526. The smallest absolute Gasteiger partial charge is 0.161 e. The minimum absolute atomic E-state index is 0.565. The van der Waals surface area contributed by atoms with Gasteiger partial charge in [0.05, 0.1) is 21.3 Å². The van der Waals surface area contributed by atoms with Crippen molar-refractivity contribution >= 4 is 0 Å². The number of ether oxygens (including phenoxy) is 3. The molecule has 1 atom stereocenters. The van der Waals surface area contributed by atoms with Crippen LogP contribution in [-0.4, -0.2) is 26.4 Å². The van der Waals surface area contributed by atoms with E-state index in [1.165, 1.54) is 0 Å². The normalized spacial score (nSPS) is 19.4. The summed E-state index contributed by atoms with van der Waals surface area (Å²) in [7, 11) is 4.79. The molecule has 0 heterocycles. The molecule has 21 heavy (non-hydrogen) atoms. The Morgan fingerprint density at radius 1 is 0.905 bits per heavy atom. The first kappa shape index (κ1) is 13.8. The summed E-state index contributed by atoms with van der Waals surface area (Å²) in [6.07, 6.45) is 0.565. The fraction of sp³-hybridized carbons (Fsp3) is 0.294. The van der Waals surface area contributed by atoms with E-state index in [-0.39, 0.29) is 0 Å². The Bertz CT molecular complexity index is 680. The van der Waals surface area contributed by atoms with Gasteiger partial charge in [0.1, 0.15) is 11.4 Å². The molecule has 4 heteroatoms. The Morgan fingerprint density at radius 3 is 2.29 bits per heavy atom. The van der Waals surface area contributed by atoms with Gasteiger partial charge in [0, 0.05) is 12.0 Å². The van der Waals surface area contributed by atoms with Crippen molar-refractivity contribution in [3.05, 3.63) is 53.1 Å². The van der Waals surface area contributed by atoms with Gasteiger partial charge in [0.15, 0.2) is 11.5 Å². The zero-order chi connectivity index (χ0) is 15.0. The van der Waals surface area contributed by atoms with E-state index in [4.69, 9.17) is 14.2 Å². The summed E-state index contributed by atoms with van der Waals surface area (Å²) in [5.41, 5.74) is 1.67. The largest absolute Gasteiger partial charge is 0.496 e. The number of methoxy groups -OCH3 is 3. The predicted molar refractivity (Wildman–Crippen MR) is 79.2 cm³/mol. The molecule has 3 rings (SSSR count). The fourth-order valence-electron chi connectivity index (χ4n) is 2.96. The average molecular weight is 286 g/mol. The van der Waals surface area contributed by atoms with Crippen LogP contribution in [0.3, 0.4) is 0 Å². The van der Waals surface area contributed by atoms with E-state index in [1.807, 2.05) is 30.3 Å². The van der Waals surface area contributed by atoms with Crippen molar-refractivity contribution in [2.75, 3.05) is 21.3 Å². The van der Waals surface area contributed by atoms with Crippen LogP contribution in [-0.2, 0) is 12.0 Å². The second-order valence-electron chi connectivity index (χ2n) is 5.10. The minimum Gasteiger partial charge on any atom is -0.496 e. The lowest BCUT2D eigenvalue weighted by Gasteiger charge is -2.41. The maximum Gasteiger partial charge on any atom is 0.161 e. The van der Waals surface area contributed by atoms with Crippen molar-refractivity contribution in [1.29, 1.82) is 0 Å². The summed E-state index contributed by atoms with van der Waals surface area (Å²) in [4.78, 5) is 0. The predicted octanol–water partition coefficient (Wildman–Crippen LogP) is 2.50. The van der Waals surface area contributed by atoms with Crippen molar-refractivity contribution in [1.82, 2.24) is 0 Å². The van der Waals surface area contributed by atoms with Gasteiger partial charge in [-0.2, -0.15) is 0 Å². The molecule has 110 valence electrons. The Balaban J connectivity index is 2.09. The standard InChI is InChI=1S/C17H18O4/c1-19-13-8-7-12(9-15(13)21-3)17(18)10-11-5-4-6-14(20-2)16(11)17/h4-9,18H,10H2,1-3H3/t17-/m1/s1. The first-order chi connectivity index (χ1) is 10.1. The molecule has 1 N–H and O–H groups in total. The number of hydrogen-bond acceptors (Lipinski definition) is 4. The Kier molecular flexibility index (Phi) is 3.26. The quantitative estimate of drug-likeness (QED) is 0.938. The van der Waals surface area contributed by atoms with Gasteiger partial charge >= 0.3 is 0 Å². The molecule has 1 aliphatic rings. The van der Waals surface area contributed by atoms with Crippen LogP contribution >= 0.6 is 0 Å². The number of rotatable bonds is 4. The topological polar surface area (TPSA) is 47.9 Å². The summed E-state index contributed by atoms with van der Waals surface area (Å²) >= 11 is 0. The molecule has 0 amide bonds. The first-order valence-corrected chi connectivity index (χ1v) is 6.75. The van der Waals surface area contributed by atoms with Crippen molar-refractivity contribution in [2.45, 2.75) is 12.0 Å². The van der Waals surface area contributed by atoms with E-state index in [0.29, 0.717) is 23.7 Å². The fourth-order valence-corrected chi connectivity index (χ4v) is 2.96. The molecule has 0 aliphatic heterocycles. The molecule has 0 radical (unpaired) electrons. The van der Waals surface area contributed by atoms with Crippen LogP contribution in [0.4, 0.5) is 0 Å². The summed E-state index contributed by atoms with van der Waals surface area (Å²) in [6.45, 7) is 0. The van der Waals surface area contributed by atoms with Gasteiger partial charge < -0.3 is 19.3 Å². The summed E-state index contributed by atoms with van der Waals surface area (Å²) in [5.74, 6) is 1.95. The molecule has 2 aromatic carbocycles. The SMILES string of the molecule is COc1ccc([C@]2(O)Cc3cccc(OC)c32)cc1OC. The van der Waals surface area contributed by atoms with Gasteiger partial charge in [-0.1, -0.05) is 18.2 Å². The highest BCUT2D eigenvalue weighted by Crippen LogP contribution is 2.49. The maximum atomic E-state index is 11.1. The van der Waals surface area contributed by atoms with E-state index in [2.05, 4.69) is 0 Å². The van der Waals surface area contributed by atoms with Crippen molar-refractivity contribution in [3.63, 3.8) is 0 Å². The second-order valence-corrected chi connectivity index (χ2v) is 5.10. The van der Waals surface area contributed by atoms with Crippen LogP contribution in [0.15, 0.2) is 36.4 Å². The van der Waals surface area contributed by atoms with Crippen molar-refractivity contribution in [3.8, 4) is 17.2 Å². The van der Waals surface area contributed by atoms with Crippen LogP contribution in [0.1, 0.15) is 16.7 Å². The van der Waals surface area contributed by atoms with Crippen LogP contribution in [0, 0.1) is 0 Å². The molecule has 0 spiro atoms. The summed E-state index contributed by atoms with van der Waals surface area (Å²) < 4.78 is 15.9. The lowest BCUT2D eigenvalue weighted by Crippen LogP contribution is -2.40. The first-order valence-electron chi connectivity index (χ1n) is 6.75. The van der Waals surface area contributed by atoms with Gasteiger partial charge in [0.2, 0.25) is 0 Å². The van der Waals surface area contributed by atoms with Crippen LogP contribution in [0.5, 0.6) is 17.2 Å². The Hall–Kier alpha value is -2.20. The number of benzene rings is 2. The minimum atomic E-state index is -1.04. The van der Waals surface area contributed by atoms with Crippen LogP contribution < -0.4 is 14.2 Å². The zero-order valence-electron chi connectivity index (χ0n) is 12.3. The summed E-state index contributed by atoms with van der Waals surface area (Å²) in [6, 6.07) is 11.3. The summed E-state index contributed by atoms with van der Waals surface area (Å²) in [5, 5.41) is 11.1. The second kappa shape index (κ2) is 4.97. The van der Waals surface area contributed by atoms with E-state index in [0.717, 1.165) is 16.7 Å². The Labute approximate surface area is 123 Å². The van der Waals surface area contributed by atoms with E-state index in [9.17, 15) is 5.11 Å². The molecule has 2 aromatic rings. The maximum absolute atomic E-state index is 11.1. The Morgan fingerprint density at radius 2 is 1.62 bits per heavy atom. The van der Waals surface area contributed by atoms with Gasteiger partial charge in [0.25, 0.3) is 0 Å². The van der Waals surface area contributed by atoms with E-state index in [1.54, 1.807) is 27.4 Å². The highest BCUT2D eigenvalue weighted by atomic mass is 16.5. The van der Waals surface area contributed by atoms with Crippen LogP contribution in [0.2, 0.25) is 0 Å². The molecule has 0 fully saturated rings. The van der Waals surface area contributed by atoms with E-state index < -0.39 is 5.60 Å². The lowest BCUT2D eigenvalue weighted by atomic mass is 9.69. The average Bonchev–Trinajstić information content (AvgIpc) is 2.52. The third-order valence-electron chi connectivity index (χ3n) is 4.05. The molecule has 0 aromatic heterocycles. The molecule has 0 saturated carbocycles. The molecular formula is C17H18O4. The van der Waals surface area contributed by atoms with E-state index >= 15 is 0 Å². The number of aliphatic hydroxyl groups is 1. The molecule has 4 nitrogen and oxygen atoms in total. The third-order valence-corrected chi connectivity index (χ3v) is 4.05. The molecule has 1 aliphatic carbocycles. The van der Waals surface area contributed by atoms with Crippen LogP contribution in [0.25, 0.3) is 0 Å². The molecule has 0 bridgehead atoms.